The smallest absolute Gasteiger partial charge is 0.255 e. The lowest BCUT2D eigenvalue weighted by Gasteiger charge is -2.37. The number of nitrogens with one attached hydrogen (secondary N) is 2. The number of benzene rings is 3. The van der Waals surface area contributed by atoms with E-state index in [0.717, 1.165) is 28.8 Å². The van der Waals surface area contributed by atoms with Crippen molar-refractivity contribution in [2.75, 3.05) is 37.8 Å². The summed E-state index contributed by atoms with van der Waals surface area (Å²) < 4.78 is 0. The molecule has 0 saturated carbocycles. The first-order valence-corrected chi connectivity index (χ1v) is 15.8. The largest absolute Gasteiger partial charge is 0.343 e. The summed E-state index contributed by atoms with van der Waals surface area (Å²) in [5, 5.41) is 6.30. The van der Waals surface area contributed by atoms with E-state index in [-0.39, 0.29) is 34.5 Å². The number of hydrogen-bond acceptors (Lipinski definition) is 6. The average Bonchev–Trinajstić information content (AvgIpc) is 3.18. The van der Waals surface area contributed by atoms with Crippen LogP contribution in [0, 0.1) is 6.92 Å². The third-order valence-electron chi connectivity index (χ3n) is 8.76. The summed E-state index contributed by atoms with van der Waals surface area (Å²) in [5.74, 6) is 0.0847. The lowest BCUT2D eigenvalue weighted by molar-refractivity contribution is -0.139. The average molecular weight is 618 g/mol. The van der Waals surface area contributed by atoms with Gasteiger partial charge in [-0.1, -0.05) is 70.2 Å². The lowest BCUT2D eigenvalue weighted by atomic mass is 9.86. The highest BCUT2D eigenvalue weighted by Crippen LogP contribution is 2.30. The van der Waals surface area contributed by atoms with E-state index in [9.17, 15) is 14.4 Å². The summed E-state index contributed by atoms with van der Waals surface area (Å²) in [6, 6.07) is 24.3. The molecule has 46 heavy (non-hydrogen) atoms. The first-order valence-electron chi connectivity index (χ1n) is 15.8. The molecular formula is C38H43N5O3. The Kier molecular flexibility index (Phi) is 9.39. The van der Waals surface area contributed by atoms with Crippen molar-refractivity contribution < 1.29 is 9.59 Å². The fraction of sp³-hybridized carbons (Fsp3) is 0.316. The van der Waals surface area contributed by atoms with Crippen molar-refractivity contribution in [3.8, 4) is 11.3 Å². The maximum absolute atomic E-state index is 13.5. The molecule has 3 aromatic carbocycles. The first kappa shape index (κ1) is 32.6. The number of anilines is 3. The van der Waals surface area contributed by atoms with Gasteiger partial charge in [0.15, 0.2) is 5.82 Å². The second-order valence-electron chi connectivity index (χ2n) is 13.0. The Morgan fingerprint density at radius 2 is 1.61 bits per heavy atom. The minimum absolute atomic E-state index is 0.00120. The van der Waals surface area contributed by atoms with Crippen LogP contribution in [0.3, 0.4) is 0 Å². The summed E-state index contributed by atoms with van der Waals surface area (Å²) in [6.07, 6.45) is 0.551. The highest BCUT2D eigenvalue weighted by atomic mass is 16.2. The molecule has 0 aliphatic carbocycles. The summed E-state index contributed by atoms with van der Waals surface area (Å²) in [5.41, 5.74) is 6.72. The SMILES string of the molecule is CCc1ccc(-c2cccc(NC(=O)c3ccc(C(C)(C)C)cc3)c2C)nc(Nc2ccc([C@H]3C(=O)N(C)CCN3C)cc2)c1=O. The van der Waals surface area contributed by atoms with Gasteiger partial charge in [0.1, 0.15) is 6.04 Å². The van der Waals surface area contributed by atoms with Crippen LogP contribution in [0.2, 0.25) is 0 Å². The van der Waals surface area contributed by atoms with Crippen LogP contribution in [0.25, 0.3) is 11.3 Å². The van der Waals surface area contributed by atoms with Crippen LogP contribution < -0.4 is 16.1 Å². The van der Waals surface area contributed by atoms with Gasteiger partial charge in [-0.25, -0.2) is 4.98 Å². The van der Waals surface area contributed by atoms with Crippen LogP contribution in [0.15, 0.2) is 83.7 Å². The van der Waals surface area contributed by atoms with Gasteiger partial charge in [-0.2, -0.15) is 0 Å². The van der Waals surface area contributed by atoms with E-state index in [2.05, 4.69) is 36.3 Å². The number of likely N-dealkylation sites (N-methyl/N-ethyl adjacent to an activating group) is 2. The van der Waals surface area contributed by atoms with Gasteiger partial charge in [0.05, 0.1) is 5.69 Å². The van der Waals surface area contributed by atoms with Crippen molar-refractivity contribution in [1.82, 2.24) is 14.8 Å². The Labute approximate surface area is 271 Å². The highest BCUT2D eigenvalue weighted by Gasteiger charge is 2.31. The van der Waals surface area contributed by atoms with Gasteiger partial charge in [-0.05, 0) is 78.9 Å². The fourth-order valence-electron chi connectivity index (χ4n) is 5.72. The molecule has 1 fully saturated rings. The van der Waals surface area contributed by atoms with Crippen LogP contribution >= 0.6 is 0 Å². The van der Waals surface area contributed by atoms with E-state index in [1.54, 1.807) is 4.90 Å². The van der Waals surface area contributed by atoms with Crippen molar-refractivity contribution >= 4 is 29.0 Å². The van der Waals surface area contributed by atoms with E-state index in [1.807, 2.05) is 107 Å². The zero-order valence-corrected chi connectivity index (χ0v) is 27.8. The van der Waals surface area contributed by atoms with Gasteiger partial charge in [-0.15, -0.1) is 0 Å². The molecule has 0 bridgehead atoms. The Bertz CT molecular complexity index is 1810. The minimum atomic E-state index is -0.340. The molecule has 1 saturated heterocycles. The van der Waals surface area contributed by atoms with Crippen molar-refractivity contribution in [2.24, 2.45) is 0 Å². The van der Waals surface area contributed by atoms with Crippen molar-refractivity contribution in [3.05, 3.63) is 117 Å². The zero-order valence-electron chi connectivity index (χ0n) is 27.8. The second-order valence-corrected chi connectivity index (χ2v) is 13.0. The zero-order chi connectivity index (χ0) is 33.2. The van der Waals surface area contributed by atoms with Crippen molar-refractivity contribution in [1.29, 1.82) is 0 Å². The third kappa shape index (κ3) is 6.87. The number of carbonyl (C=O) groups is 2. The number of piperazine rings is 1. The lowest BCUT2D eigenvalue weighted by Crippen LogP contribution is -2.48. The Morgan fingerprint density at radius 3 is 2.26 bits per heavy atom. The molecule has 0 unspecified atom stereocenters. The Balaban J connectivity index is 1.43. The molecule has 8 nitrogen and oxygen atoms in total. The molecule has 1 atom stereocenters. The topological polar surface area (TPSA) is 94.6 Å². The van der Waals surface area contributed by atoms with Gasteiger partial charge >= 0.3 is 0 Å². The number of carbonyl (C=O) groups excluding carboxylic acids is 2. The van der Waals surface area contributed by atoms with E-state index in [1.165, 1.54) is 0 Å². The highest BCUT2D eigenvalue weighted by molar-refractivity contribution is 6.05. The third-order valence-corrected chi connectivity index (χ3v) is 8.76. The molecule has 2 amide bonds. The van der Waals surface area contributed by atoms with Crippen LogP contribution in [-0.2, 0) is 16.6 Å². The monoisotopic (exact) mass is 617 g/mol. The standard InChI is InChI=1S/C38H43N5O3/c1-8-25-16-21-32(30-10-9-11-31(24(30)2)41-36(45)27-12-17-28(18-13-27)38(3,4)5)40-35(34(25)44)39-29-19-14-26(15-20-29)33-37(46)43(7)23-22-42(33)6/h9-21,33H,8,22-23H2,1-7H3,(H,41,45)(H,39,40,44)/t33-/m0/s1. The molecule has 2 heterocycles. The Hall–Kier alpha value is -4.82. The van der Waals surface area contributed by atoms with Crippen LogP contribution in [0.1, 0.15) is 66.3 Å². The van der Waals surface area contributed by atoms with E-state index in [0.29, 0.717) is 41.2 Å². The molecule has 5 rings (SSSR count). The van der Waals surface area contributed by atoms with E-state index >= 15 is 0 Å². The van der Waals surface area contributed by atoms with Crippen LogP contribution in [-0.4, -0.2) is 53.8 Å². The summed E-state index contributed by atoms with van der Waals surface area (Å²) in [4.78, 5) is 48.2. The second kappa shape index (κ2) is 13.3. The Morgan fingerprint density at radius 1 is 0.913 bits per heavy atom. The van der Waals surface area contributed by atoms with Gasteiger partial charge in [0.2, 0.25) is 11.3 Å². The molecule has 1 aromatic heterocycles. The van der Waals surface area contributed by atoms with Crippen molar-refractivity contribution in [2.45, 2.75) is 52.5 Å². The molecule has 238 valence electrons. The number of nitrogens with zero attached hydrogens (tertiary/aromatic N) is 3. The van der Waals surface area contributed by atoms with Gasteiger partial charge in [-0.3, -0.25) is 19.3 Å². The molecule has 0 spiro atoms. The predicted octanol–water partition coefficient (Wildman–Crippen LogP) is 6.72. The number of aryl methyl sites for hydroxylation is 1. The minimum Gasteiger partial charge on any atom is -0.343 e. The molecule has 1 aliphatic heterocycles. The number of rotatable bonds is 7. The van der Waals surface area contributed by atoms with Crippen molar-refractivity contribution in [3.63, 3.8) is 0 Å². The number of aromatic nitrogens is 1. The maximum Gasteiger partial charge on any atom is 0.255 e. The molecule has 0 radical (unpaired) electrons. The van der Waals surface area contributed by atoms with Gasteiger partial charge in [0.25, 0.3) is 5.91 Å². The molecule has 8 heteroatoms. The maximum atomic E-state index is 13.5. The molecule has 1 aliphatic rings. The molecule has 2 N–H and O–H groups in total. The van der Waals surface area contributed by atoms with Crippen LogP contribution in [0.5, 0.6) is 0 Å². The first-order chi connectivity index (χ1) is 21.9. The normalized spacial score (nSPS) is 15.5. The van der Waals surface area contributed by atoms with Gasteiger partial charge in [0, 0.05) is 48.2 Å². The summed E-state index contributed by atoms with van der Waals surface area (Å²) in [6.45, 7) is 11.8. The number of amides is 2. The predicted molar refractivity (Wildman–Crippen MR) is 186 cm³/mol. The number of hydrogen-bond donors (Lipinski definition) is 2. The summed E-state index contributed by atoms with van der Waals surface area (Å²) in [7, 11) is 3.79. The van der Waals surface area contributed by atoms with Crippen LogP contribution in [0.4, 0.5) is 17.2 Å². The molecule has 4 aromatic rings. The molecular weight excluding hydrogens is 574 g/mol. The van der Waals surface area contributed by atoms with Gasteiger partial charge < -0.3 is 15.5 Å². The van der Waals surface area contributed by atoms with E-state index in [4.69, 9.17) is 4.98 Å². The summed E-state index contributed by atoms with van der Waals surface area (Å²) >= 11 is 0. The fourth-order valence-corrected chi connectivity index (χ4v) is 5.72. The van der Waals surface area contributed by atoms with E-state index < -0.39 is 0 Å². The quantitative estimate of drug-likeness (QED) is 0.239.